The lowest BCUT2D eigenvalue weighted by Gasteiger charge is -2.13. The Labute approximate surface area is 106 Å². The van der Waals surface area contributed by atoms with Gasteiger partial charge >= 0.3 is 0 Å². The van der Waals surface area contributed by atoms with E-state index in [1.807, 2.05) is 6.92 Å². The number of aromatic hydroxyl groups is 2. The van der Waals surface area contributed by atoms with Crippen LogP contribution in [0.15, 0.2) is 15.0 Å². The summed E-state index contributed by atoms with van der Waals surface area (Å²) in [5, 5.41) is 18.9. The highest BCUT2D eigenvalue weighted by molar-refractivity contribution is 9.13. The molecule has 84 valence electrons. The predicted octanol–water partition coefficient (Wildman–Crippen LogP) is 2.90. The first-order valence-corrected chi connectivity index (χ1v) is 6.20. The highest BCUT2D eigenvalue weighted by Gasteiger charge is 2.14. The minimum Gasteiger partial charge on any atom is -0.504 e. The van der Waals surface area contributed by atoms with Gasteiger partial charge in [0.25, 0.3) is 0 Å². The number of nitrogens with two attached hydrogens (primary N) is 1. The van der Waals surface area contributed by atoms with E-state index >= 15 is 0 Å². The maximum Gasteiger partial charge on any atom is 0.173 e. The Kier molecular flexibility index (Phi) is 4.43. The van der Waals surface area contributed by atoms with E-state index in [-0.39, 0.29) is 17.5 Å². The van der Waals surface area contributed by atoms with Gasteiger partial charge in [-0.25, -0.2) is 0 Å². The van der Waals surface area contributed by atoms with Crippen LogP contribution >= 0.6 is 31.9 Å². The topological polar surface area (TPSA) is 66.5 Å². The van der Waals surface area contributed by atoms with E-state index in [1.54, 1.807) is 0 Å². The summed E-state index contributed by atoms with van der Waals surface area (Å²) >= 11 is 6.54. The second kappa shape index (κ2) is 5.18. The molecule has 0 spiro atoms. The highest BCUT2D eigenvalue weighted by atomic mass is 79.9. The minimum absolute atomic E-state index is 0.0529. The van der Waals surface area contributed by atoms with Crippen LogP contribution in [0.2, 0.25) is 0 Å². The smallest absolute Gasteiger partial charge is 0.173 e. The van der Waals surface area contributed by atoms with E-state index in [2.05, 4.69) is 31.9 Å². The second-order valence-corrected chi connectivity index (χ2v) is 4.99. The first kappa shape index (κ1) is 12.8. The van der Waals surface area contributed by atoms with Crippen LogP contribution in [-0.4, -0.2) is 16.3 Å². The Balaban J connectivity index is 3.09. The molecule has 0 bridgehead atoms. The van der Waals surface area contributed by atoms with Gasteiger partial charge in [-0.05, 0) is 56.3 Å². The third-order valence-corrected chi connectivity index (χ3v) is 4.45. The maximum absolute atomic E-state index is 9.45. The zero-order chi connectivity index (χ0) is 11.6. The number of phenols is 2. The fourth-order valence-corrected chi connectivity index (χ4v) is 2.15. The summed E-state index contributed by atoms with van der Waals surface area (Å²) < 4.78 is 1.20. The Morgan fingerprint density at radius 2 is 1.93 bits per heavy atom. The van der Waals surface area contributed by atoms with E-state index in [0.717, 1.165) is 16.5 Å². The third-order valence-electron chi connectivity index (χ3n) is 2.24. The summed E-state index contributed by atoms with van der Waals surface area (Å²) in [6, 6.07) is 1.58. The van der Waals surface area contributed by atoms with E-state index in [4.69, 9.17) is 5.73 Å². The van der Waals surface area contributed by atoms with Gasteiger partial charge in [0.1, 0.15) is 0 Å². The van der Waals surface area contributed by atoms with Gasteiger partial charge in [-0.3, -0.25) is 0 Å². The SMILES string of the molecule is CCC(N)Cc1cc(O)c(O)c(Br)c1Br. The molecule has 0 saturated heterocycles. The Hall–Kier alpha value is -0.260. The summed E-state index contributed by atoms with van der Waals surface area (Å²) in [4.78, 5) is 0. The molecule has 0 aliphatic rings. The summed E-state index contributed by atoms with van der Waals surface area (Å²) in [5.74, 6) is -0.293. The van der Waals surface area contributed by atoms with Crippen molar-refractivity contribution in [3.63, 3.8) is 0 Å². The van der Waals surface area contributed by atoms with Crippen molar-refractivity contribution in [3.05, 3.63) is 20.6 Å². The summed E-state index contributed by atoms with van der Waals surface area (Å²) in [7, 11) is 0. The zero-order valence-corrected chi connectivity index (χ0v) is 11.5. The molecule has 5 heteroatoms. The molecule has 15 heavy (non-hydrogen) atoms. The first-order chi connectivity index (χ1) is 6.97. The van der Waals surface area contributed by atoms with Crippen LogP contribution in [0.5, 0.6) is 11.5 Å². The van der Waals surface area contributed by atoms with Crippen molar-refractivity contribution in [1.82, 2.24) is 0 Å². The maximum atomic E-state index is 9.45. The molecule has 4 N–H and O–H groups in total. The highest BCUT2D eigenvalue weighted by Crippen LogP contribution is 2.41. The van der Waals surface area contributed by atoms with Gasteiger partial charge in [0.15, 0.2) is 11.5 Å². The minimum atomic E-state index is -0.157. The van der Waals surface area contributed by atoms with E-state index in [9.17, 15) is 10.2 Å². The first-order valence-electron chi connectivity index (χ1n) is 4.61. The van der Waals surface area contributed by atoms with Crippen molar-refractivity contribution < 1.29 is 10.2 Å². The van der Waals surface area contributed by atoms with Gasteiger partial charge in [-0.1, -0.05) is 6.92 Å². The average Bonchev–Trinajstić information content (AvgIpc) is 2.22. The molecule has 0 saturated carbocycles. The molecular weight excluding hydrogens is 326 g/mol. The van der Waals surface area contributed by atoms with Crippen LogP contribution in [0.3, 0.4) is 0 Å². The molecule has 0 aromatic heterocycles. The molecule has 1 aromatic carbocycles. The van der Waals surface area contributed by atoms with Gasteiger partial charge in [-0.15, -0.1) is 0 Å². The van der Waals surface area contributed by atoms with Gasteiger partial charge in [0.2, 0.25) is 0 Å². The van der Waals surface area contributed by atoms with Crippen LogP contribution in [0.4, 0.5) is 0 Å². The third kappa shape index (κ3) is 2.86. The zero-order valence-electron chi connectivity index (χ0n) is 8.30. The molecule has 3 nitrogen and oxygen atoms in total. The van der Waals surface area contributed by atoms with Crippen molar-refractivity contribution in [2.24, 2.45) is 5.73 Å². The molecule has 0 heterocycles. The van der Waals surface area contributed by atoms with Gasteiger partial charge < -0.3 is 15.9 Å². The lowest BCUT2D eigenvalue weighted by atomic mass is 10.0. The van der Waals surface area contributed by atoms with E-state index in [1.165, 1.54) is 6.07 Å². The fourth-order valence-electron chi connectivity index (χ4n) is 1.23. The number of phenolic OH excluding ortho intramolecular Hbond substituents is 2. The number of halogens is 2. The van der Waals surface area contributed by atoms with E-state index in [0.29, 0.717) is 10.9 Å². The molecule has 1 unspecified atom stereocenters. The van der Waals surface area contributed by atoms with Crippen molar-refractivity contribution in [1.29, 1.82) is 0 Å². The van der Waals surface area contributed by atoms with Crippen LogP contribution in [-0.2, 0) is 6.42 Å². The summed E-state index contributed by atoms with van der Waals surface area (Å²) in [5.41, 5.74) is 6.71. The largest absolute Gasteiger partial charge is 0.504 e. The summed E-state index contributed by atoms with van der Waals surface area (Å²) in [6.45, 7) is 2.01. The van der Waals surface area contributed by atoms with Gasteiger partial charge in [-0.2, -0.15) is 0 Å². The molecular formula is C10H13Br2NO2. The number of hydrogen-bond acceptors (Lipinski definition) is 3. The molecule has 0 aliphatic carbocycles. The molecule has 0 aliphatic heterocycles. The molecule has 1 rings (SSSR count). The molecule has 0 radical (unpaired) electrons. The Morgan fingerprint density at radius 3 is 2.47 bits per heavy atom. The molecule has 1 atom stereocenters. The molecule has 0 fully saturated rings. The monoisotopic (exact) mass is 337 g/mol. The lowest BCUT2D eigenvalue weighted by molar-refractivity contribution is 0.400. The van der Waals surface area contributed by atoms with Gasteiger partial charge in [0, 0.05) is 10.5 Å². The van der Waals surface area contributed by atoms with Crippen LogP contribution in [0.1, 0.15) is 18.9 Å². The van der Waals surface area contributed by atoms with Crippen molar-refractivity contribution >= 4 is 31.9 Å². The van der Waals surface area contributed by atoms with E-state index < -0.39 is 0 Å². The Morgan fingerprint density at radius 1 is 1.33 bits per heavy atom. The van der Waals surface area contributed by atoms with Crippen molar-refractivity contribution in [2.75, 3.05) is 0 Å². The second-order valence-electron chi connectivity index (χ2n) is 3.40. The normalized spacial score (nSPS) is 12.8. The summed E-state index contributed by atoms with van der Waals surface area (Å²) in [6.07, 6.45) is 1.52. The van der Waals surface area contributed by atoms with Gasteiger partial charge in [0.05, 0.1) is 4.47 Å². The quantitative estimate of drug-likeness (QED) is 0.742. The van der Waals surface area contributed by atoms with Crippen molar-refractivity contribution in [3.8, 4) is 11.5 Å². The number of hydrogen-bond donors (Lipinski definition) is 3. The van der Waals surface area contributed by atoms with Crippen LogP contribution in [0.25, 0.3) is 0 Å². The Bertz CT molecular complexity index is 369. The van der Waals surface area contributed by atoms with Crippen LogP contribution in [0, 0.1) is 0 Å². The fraction of sp³-hybridized carbons (Fsp3) is 0.400. The number of rotatable bonds is 3. The molecule has 1 aromatic rings. The lowest BCUT2D eigenvalue weighted by Crippen LogP contribution is -2.21. The average molecular weight is 339 g/mol. The van der Waals surface area contributed by atoms with Crippen molar-refractivity contribution in [2.45, 2.75) is 25.8 Å². The molecule has 0 amide bonds. The number of benzene rings is 1. The predicted molar refractivity (Wildman–Crippen MR) is 67.1 cm³/mol. The van der Waals surface area contributed by atoms with Crippen LogP contribution < -0.4 is 5.73 Å². The standard InChI is InChI=1S/C10H13Br2NO2/c1-2-6(13)3-5-4-7(14)10(15)9(12)8(5)11/h4,6,14-15H,2-3,13H2,1H3.